The molecule has 0 aromatic heterocycles. The molecule has 1 aromatic rings. The fraction of sp³-hybridized carbons (Fsp3) is 0.467. The highest BCUT2D eigenvalue weighted by molar-refractivity contribution is 6.39. The Hall–Kier alpha value is -1.30. The number of nitrogens with zero attached hydrogens (tertiary/aromatic N) is 1. The van der Waals surface area contributed by atoms with Gasteiger partial charge in [0.1, 0.15) is 0 Å². The molecule has 0 spiro atoms. The van der Waals surface area contributed by atoms with Crippen molar-refractivity contribution < 1.29 is 14.3 Å². The van der Waals surface area contributed by atoms with Crippen LogP contribution in [0.4, 0.5) is 5.69 Å². The second-order valence-corrected chi connectivity index (χ2v) is 5.71. The number of hydrogen-bond donors (Lipinski definition) is 1. The van der Waals surface area contributed by atoms with Crippen molar-refractivity contribution in [2.75, 3.05) is 32.1 Å². The summed E-state index contributed by atoms with van der Waals surface area (Å²) in [7, 11) is 1.35. The van der Waals surface area contributed by atoms with Crippen LogP contribution >= 0.6 is 23.2 Å². The molecule has 122 valence electrons. The van der Waals surface area contributed by atoms with Crippen molar-refractivity contribution in [3.05, 3.63) is 28.2 Å². The summed E-state index contributed by atoms with van der Waals surface area (Å²) >= 11 is 12.0. The number of nitrogens with one attached hydrogen (secondary N) is 1. The highest BCUT2D eigenvalue weighted by Crippen LogP contribution is 2.29. The van der Waals surface area contributed by atoms with E-state index in [1.165, 1.54) is 7.11 Å². The molecule has 0 saturated carbocycles. The van der Waals surface area contributed by atoms with Gasteiger partial charge >= 0.3 is 5.97 Å². The first-order valence-corrected chi connectivity index (χ1v) is 7.68. The third kappa shape index (κ3) is 5.48. The minimum Gasteiger partial charge on any atom is -0.469 e. The third-order valence-corrected chi connectivity index (χ3v) is 3.81. The van der Waals surface area contributed by atoms with Gasteiger partial charge in [-0.15, -0.1) is 0 Å². The zero-order valence-electron chi connectivity index (χ0n) is 12.9. The topological polar surface area (TPSA) is 58.6 Å². The van der Waals surface area contributed by atoms with E-state index in [1.54, 1.807) is 25.1 Å². The minimum atomic E-state index is -0.304. The van der Waals surface area contributed by atoms with E-state index in [2.05, 4.69) is 10.1 Å². The molecule has 0 aliphatic carbocycles. The van der Waals surface area contributed by atoms with E-state index in [0.29, 0.717) is 28.8 Å². The van der Waals surface area contributed by atoms with Crippen LogP contribution in [0.2, 0.25) is 10.0 Å². The Balaban J connectivity index is 2.64. The van der Waals surface area contributed by atoms with Crippen LogP contribution in [0.3, 0.4) is 0 Å². The molecular weight excluding hydrogens is 327 g/mol. The molecule has 1 aromatic carbocycles. The Morgan fingerprint density at radius 2 is 1.91 bits per heavy atom. The first-order chi connectivity index (χ1) is 10.4. The summed E-state index contributed by atoms with van der Waals surface area (Å²) in [6.07, 6.45) is 0. The van der Waals surface area contributed by atoms with Gasteiger partial charge in [-0.1, -0.05) is 43.1 Å². The summed E-state index contributed by atoms with van der Waals surface area (Å²) in [5, 5.41) is 3.46. The number of para-hydroxylation sites is 1. The Morgan fingerprint density at radius 3 is 2.41 bits per heavy atom. The number of ether oxygens (including phenoxy) is 1. The van der Waals surface area contributed by atoms with Gasteiger partial charge in [0.05, 0.1) is 35.3 Å². The molecule has 1 atom stereocenters. The summed E-state index contributed by atoms with van der Waals surface area (Å²) < 4.78 is 4.69. The number of benzene rings is 1. The average molecular weight is 347 g/mol. The van der Waals surface area contributed by atoms with Gasteiger partial charge in [-0.25, -0.2) is 0 Å². The van der Waals surface area contributed by atoms with E-state index in [-0.39, 0.29) is 24.3 Å². The molecule has 1 amide bonds. The number of methoxy groups -OCH3 is 1. The Bertz CT molecular complexity index is 517. The Labute approximate surface area is 140 Å². The molecule has 0 aliphatic heterocycles. The maximum Gasteiger partial charge on any atom is 0.309 e. The predicted octanol–water partition coefficient (Wildman–Crippen LogP) is 3.06. The van der Waals surface area contributed by atoms with Crippen molar-refractivity contribution in [2.45, 2.75) is 13.8 Å². The number of carbonyl (C=O) groups excluding carboxylic acids is 2. The van der Waals surface area contributed by atoms with Gasteiger partial charge in [0.2, 0.25) is 5.91 Å². The molecule has 22 heavy (non-hydrogen) atoms. The first kappa shape index (κ1) is 18.7. The molecule has 7 heteroatoms. The molecule has 5 nitrogen and oxygen atoms in total. The first-order valence-electron chi connectivity index (χ1n) is 6.93. The molecule has 0 unspecified atom stereocenters. The number of halogens is 2. The van der Waals surface area contributed by atoms with Crippen LogP contribution in [0.5, 0.6) is 0 Å². The highest BCUT2D eigenvalue weighted by atomic mass is 35.5. The monoisotopic (exact) mass is 346 g/mol. The van der Waals surface area contributed by atoms with Gasteiger partial charge in [0.25, 0.3) is 0 Å². The molecule has 0 aliphatic rings. The summed E-state index contributed by atoms with van der Waals surface area (Å²) in [6, 6.07) is 5.01. The standard InChI is InChI=1S/C15H20Cl2N2O3/c1-4-19(8-10(2)15(21)22-3)9-13(20)18-14-11(16)6-5-7-12(14)17/h5-7,10H,4,8-9H2,1-3H3,(H,18,20)/t10-/m1/s1. The molecule has 1 N–H and O–H groups in total. The van der Waals surface area contributed by atoms with Crippen LogP contribution in [0.15, 0.2) is 18.2 Å². The number of amides is 1. The molecule has 0 fully saturated rings. The number of anilines is 1. The lowest BCUT2D eigenvalue weighted by Crippen LogP contribution is -2.38. The van der Waals surface area contributed by atoms with Crippen LogP contribution in [0.25, 0.3) is 0 Å². The van der Waals surface area contributed by atoms with E-state index in [4.69, 9.17) is 23.2 Å². The second kappa shape index (κ2) is 8.98. The summed E-state index contributed by atoms with van der Waals surface area (Å²) in [6.45, 7) is 4.88. The highest BCUT2D eigenvalue weighted by Gasteiger charge is 2.19. The van der Waals surface area contributed by atoms with Gasteiger partial charge in [0.15, 0.2) is 0 Å². The fourth-order valence-electron chi connectivity index (χ4n) is 1.97. The number of likely N-dealkylation sites (N-methyl/N-ethyl adjacent to an activating group) is 1. The van der Waals surface area contributed by atoms with Crippen molar-refractivity contribution in [1.82, 2.24) is 4.90 Å². The molecule has 0 heterocycles. The minimum absolute atomic E-state index is 0.138. The van der Waals surface area contributed by atoms with Crippen molar-refractivity contribution in [2.24, 2.45) is 5.92 Å². The van der Waals surface area contributed by atoms with Crippen LogP contribution < -0.4 is 5.32 Å². The molecule has 1 rings (SSSR count). The number of carbonyl (C=O) groups is 2. The summed E-state index contributed by atoms with van der Waals surface area (Å²) in [5.41, 5.74) is 0.396. The maximum atomic E-state index is 12.1. The second-order valence-electron chi connectivity index (χ2n) is 4.90. The Kier molecular flexibility index (Phi) is 7.65. The van der Waals surface area contributed by atoms with Crippen molar-refractivity contribution >= 4 is 40.8 Å². The SMILES string of the molecule is CCN(CC(=O)Nc1c(Cl)cccc1Cl)C[C@@H](C)C(=O)OC. The third-order valence-electron chi connectivity index (χ3n) is 3.18. The fourth-order valence-corrected chi connectivity index (χ4v) is 2.46. The Morgan fingerprint density at radius 1 is 1.32 bits per heavy atom. The molecule has 0 bridgehead atoms. The zero-order chi connectivity index (χ0) is 16.7. The van der Waals surface area contributed by atoms with Crippen LogP contribution in [0, 0.1) is 5.92 Å². The van der Waals surface area contributed by atoms with E-state index >= 15 is 0 Å². The van der Waals surface area contributed by atoms with Crippen molar-refractivity contribution in [1.29, 1.82) is 0 Å². The van der Waals surface area contributed by atoms with Gasteiger partial charge in [-0.2, -0.15) is 0 Å². The molecule has 0 radical (unpaired) electrons. The summed E-state index contributed by atoms with van der Waals surface area (Å²) in [4.78, 5) is 25.4. The normalized spacial score (nSPS) is 12.1. The van der Waals surface area contributed by atoms with Gasteiger partial charge in [0, 0.05) is 6.54 Å². The average Bonchev–Trinajstić information content (AvgIpc) is 2.49. The molecule has 0 saturated heterocycles. The van der Waals surface area contributed by atoms with Crippen LogP contribution in [-0.4, -0.2) is 43.5 Å². The molecular formula is C15H20Cl2N2O3. The zero-order valence-corrected chi connectivity index (χ0v) is 14.4. The number of hydrogen-bond acceptors (Lipinski definition) is 4. The lowest BCUT2D eigenvalue weighted by atomic mass is 10.1. The predicted molar refractivity (Wildman–Crippen MR) is 88.4 cm³/mol. The van der Waals surface area contributed by atoms with Crippen molar-refractivity contribution in [3.8, 4) is 0 Å². The number of rotatable bonds is 7. The smallest absolute Gasteiger partial charge is 0.309 e. The van der Waals surface area contributed by atoms with Crippen LogP contribution in [0.1, 0.15) is 13.8 Å². The van der Waals surface area contributed by atoms with E-state index in [1.807, 2.05) is 11.8 Å². The van der Waals surface area contributed by atoms with Gasteiger partial charge in [-0.3, -0.25) is 14.5 Å². The van der Waals surface area contributed by atoms with E-state index < -0.39 is 0 Å². The largest absolute Gasteiger partial charge is 0.469 e. The maximum absolute atomic E-state index is 12.1. The van der Waals surface area contributed by atoms with Crippen LogP contribution in [-0.2, 0) is 14.3 Å². The van der Waals surface area contributed by atoms with Gasteiger partial charge < -0.3 is 10.1 Å². The summed E-state index contributed by atoms with van der Waals surface area (Å²) in [5.74, 6) is -0.844. The number of esters is 1. The lowest BCUT2D eigenvalue weighted by Gasteiger charge is -2.22. The van der Waals surface area contributed by atoms with Gasteiger partial charge in [-0.05, 0) is 18.7 Å². The van der Waals surface area contributed by atoms with E-state index in [0.717, 1.165) is 0 Å². The lowest BCUT2D eigenvalue weighted by molar-refractivity contribution is -0.145. The van der Waals surface area contributed by atoms with Crippen molar-refractivity contribution in [3.63, 3.8) is 0 Å². The quantitative estimate of drug-likeness (QED) is 0.770. The van der Waals surface area contributed by atoms with E-state index in [9.17, 15) is 9.59 Å².